The van der Waals surface area contributed by atoms with Gasteiger partial charge in [0.1, 0.15) is 0 Å². The van der Waals surface area contributed by atoms with Crippen LogP contribution in [-0.4, -0.2) is 15.6 Å². The number of hydrogen-bond acceptors (Lipinski definition) is 1. The highest BCUT2D eigenvalue weighted by Gasteiger charge is 2.04. The van der Waals surface area contributed by atoms with E-state index in [-0.39, 0.29) is 0 Å². The van der Waals surface area contributed by atoms with Crippen LogP contribution in [0.2, 0.25) is 0 Å². The van der Waals surface area contributed by atoms with Crippen molar-refractivity contribution in [3.8, 4) is 0 Å². The van der Waals surface area contributed by atoms with Gasteiger partial charge in [0, 0.05) is 30.2 Å². The number of nitrogens with zero attached hydrogens (tertiary/aromatic N) is 1. The van der Waals surface area contributed by atoms with E-state index in [1.54, 1.807) is 6.08 Å². The average Bonchev–Trinajstić information content (AvgIpc) is 2.63. The number of carboxylic acid groups (broad SMARTS) is 1. The minimum Gasteiger partial charge on any atom is -0.478 e. The van der Waals surface area contributed by atoms with Crippen LogP contribution in [0.25, 0.3) is 10.9 Å². The molecular weight excluding hydrogens is 214 g/mol. The van der Waals surface area contributed by atoms with Crippen molar-refractivity contribution in [2.24, 2.45) is 7.05 Å². The molecule has 2 aromatic rings. The van der Waals surface area contributed by atoms with Gasteiger partial charge in [-0.1, -0.05) is 24.3 Å². The Morgan fingerprint density at radius 2 is 2.18 bits per heavy atom. The van der Waals surface area contributed by atoms with Crippen molar-refractivity contribution in [1.29, 1.82) is 0 Å². The van der Waals surface area contributed by atoms with Gasteiger partial charge in [-0.15, -0.1) is 0 Å². The molecule has 2 rings (SSSR count). The largest absolute Gasteiger partial charge is 0.478 e. The smallest absolute Gasteiger partial charge is 0.327 e. The summed E-state index contributed by atoms with van der Waals surface area (Å²) in [5.74, 6) is -0.886. The van der Waals surface area contributed by atoms with Gasteiger partial charge in [-0.3, -0.25) is 0 Å². The van der Waals surface area contributed by atoms with Crippen LogP contribution < -0.4 is 0 Å². The van der Waals surface area contributed by atoms with E-state index in [2.05, 4.69) is 22.9 Å². The highest BCUT2D eigenvalue weighted by molar-refractivity contribution is 5.84. The maximum absolute atomic E-state index is 10.3. The van der Waals surface area contributed by atoms with E-state index in [0.29, 0.717) is 0 Å². The zero-order valence-corrected chi connectivity index (χ0v) is 9.76. The molecule has 0 aliphatic rings. The molecule has 0 fully saturated rings. The van der Waals surface area contributed by atoms with Crippen LogP contribution in [0.1, 0.15) is 12.0 Å². The highest BCUT2D eigenvalue weighted by Crippen LogP contribution is 2.21. The lowest BCUT2D eigenvalue weighted by molar-refractivity contribution is -0.131. The third-order valence-electron chi connectivity index (χ3n) is 2.82. The van der Waals surface area contributed by atoms with E-state index in [0.717, 1.165) is 12.8 Å². The zero-order chi connectivity index (χ0) is 12.3. The van der Waals surface area contributed by atoms with Gasteiger partial charge >= 0.3 is 5.97 Å². The molecule has 1 aromatic carbocycles. The summed E-state index contributed by atoms with van der Waals surface area (Å²) >= 11 is 0. The number of carboxylic acids is 1. The number of carbonyl (C=O) groups is 1. The highest BCUT2D eigenvalue weighted by atomic mass is 16.4. The lowest BCUT2D eigenvalue weighted by Gasteiger charge is -1.95. The summed E-state index contributed by atoms with van der Waals surface area (Å²) in [6.45, 7) is 0. The van der Waals surface area contributed by atoms with E-state index in [9.17, 15) is 4.79 Å². The van der Waals surface area contributed by atoms with Crippen molar-refractivity contribution >= 4 is 16.9 Å². The second-order valence-corrected chi connectivity index (χ2v) is 4.06. The lowest BCUT2D eigenvalue weighted by Crippen LogP contribution is -1.87. The maximum atomic E-state index is 10.3. The van der Waals surface area contributed by atoms with Gasteiger partial charge < -0.3 is 9.67 Å². The Morgan fingerprint density at radius 3 is 2.94 bits per heavy atom. The number of aromatic nitrogens is 1. The van der Waals surface area contributed by atoms with Crippen molar-refractivity contribution in [1.82, 2.24) is 4.57 Å². The Labute approximate surface area is 100.0 Å². The minimum atomic E-state index is -0.886. The molecule has 3 nitrogen and oxygen atoms in total. The van der Waals surface area contributed by atoms with Gasteiger partial charge in [0.25, 0.3) is 0 Å². The van der Waals surface area contributed by atoms with Crippen LogP contribution in [0.5, 0.6) is 0 Å². The summed E-state index contributed by atoms with van der Waals surface area (Å²) in [7, 11) is 2.03. The zero-order valence-electron chi connectivity index (χ0n) is 9.76. The number of hydrogen-bond donors (Lipinski definition) is 1. The quantitative estimate of drug-likeness (QED) is 0.819. The van der Waals surface area contributed by atoms with Crippen molar-refractivity contribution in [2.75, 3.05) is 0 Å². The molecule has 1 aromatic heterocycles. The van der Waals surface area contributed by atoms with E-state index >= 15 is 0 Å². The molecule has 0 saturated heterocycles. The third-order valence-corrected chi connectivity index (χ3v) is 2.82. The first-order valence-electron chi connectivity index (χ1n) is 5.61. The SMILES string of the molecule is Cn1cc(CCC=CC(=O)O)c2ccccc21. The molecule has 0 aliphatic heterocycles. The second kappa shape index (κ2) is 4.87. The minimum absolute atomic E-state index is 0.750. The van der Waals surface area contributed by atoms with Gasteiger partial charge in [0.05, 0.1) is 0 Å². The molecule has 0 spiro atoms. The topological polar surface area (TPSA) is 42.2 Å². The molecule has 1 N–H and O–H groups in total. The maximum Gasteiger partial charge on any atom is 0.327 e. The molecule has 0 bridgehead atoms. The van der Waals surface area contributed by atoms with Crippen LogP contribution in [0, 0.1) is 0 Å². The summed E-state index contributed by atoms with van der Waals surface area (Å²) in [5.41, 5.74) is 2.47. The Balaban J connectivity index is 2.16. The first kappa shape index (κ1) is 11.5. The first-order chi connectivity index (χ1) is 8.18. The summed E-state index contributed by atoms with van der Waals surface area (Å²) < 4.78 is 2.10. The van der Waals surface area contributed by atoms with Gasteiger partial charge in [-0.05, 0) is 24.5 Å². The summed E-state index contributed by atoms with van der Waals surface area (Å²) in [6.07, 6.45) is 6.62. The van der Waals surface area contributed by atoms with Crippen molar-refractivity contribution in [3.05, 3.63) is 48.2 Å². The van der Waals surface area contributed by atoms with E-state index < -0.39 is 5.97 Å². The van der Waals surface area contributed by atoms with E-state index in [1.165, 1.54) is 22.5 Å². The molecule has 3 heteroatoms. The fourth-order valence-electron chi connectivity index (χ4n) is 2.05. The second-order valence-electron chi connectivity index (χ2n) is 4.06. The predicted octanol–water partition coefficient (Wildman–Crippen LogP) is 2.75. The van der Waals surface area contributed by atoms with Gasteiger partial charge in [0.2, 0.25) is 0 Å². The molecule has 0 saturated carbocycles. The van der Waals surface area contributed by atoms with Crippen LogP contribution >= 0.6 is 0 Å². The average molecular weight is 229 g/mol. The van der Waals surface area contributed by atoms with Crippen LogP contribution in [-0.2, 0) is 18.3 Å². The molecule has 1 heterocycles. The van der Waals surface area contributed by atoms with Crippen molar-refractivity contribution in [3.63, 3.8) is 0 Å². The molecule has 0 aliphatic carbocycles. The molecular formula is C14H15NO2. The number of allylic oxidation sites excluding steroid dienone is 1. The van der Waals surface area contributed by atoms with Crippen molar-refractivity contribution in [2.45, 2.75) is 12.8 Å². The Bertz CT molecular complexity index is 567. The van der Waals surface area contributed by atoms with Crippen LogP contribution in [0.15, 0.2) is 42.6 Å². The molecule has 0 unspecified atom stereocenters. The fraction of sp³-hybridized carbons (Fsp3) is 0.214. The van der Waals surface area contributed by atoms with E-state index in [4.69, 9.17) is 5.11 Å². The normalized spacial score (nSPS) is 11.4. The summed E-state index contributed by atoms with van der Waals surface area (Å²) in [6, 6.07) is 8.24. The molecule has 0 atom stereocenters. The standard InChI is InChI=1S/C14H15NO2/c1-15-10-11(6-2-5-9-14(16)17)12-7-3-4-8-13(12)15/h3-5,7-10H,2,6H2,1H3,(H,16,17). The molecule has 0 amide bonds. The Hall–Kier alpha value is -2.03. The fourth-order valence-corrected chi connectivity index (χ4v) is 2.05. The number of aryl methyl sites for hydroxylation is 2. The number of rotatable bonds is 4. The Morgan fingerprint density at radius 1 is 1.41 bits per heavy atom. The third kappa shape index (κ3) is 2.56. The van der Waals surface area contributed by atoms with Gasteiger partial charge in [0.15, 0.2) is 0 Å². The van der Waals surface area contributed by atoms with E-state index in [1.807, 2.05) is 19.2 Å². The molecule has 0 radical (unpaired) electrons. The summed E-state index contributed by atoms with van der Waals surface area (Å²) in [5, 5.41) is 9.74. The molecule has 17 heavy (non-hydrogen) atoms. The lowest BCUT2D eigenvalue weighted by atomic mass is 10.1. The van der Waals surface area contributed by atoms with Crippen LogP contribution in [0.4, 0.5) is 0 Å². The first-order valence-corrected chi connectivity index (χ1v) is 5.61. The molecule has 88 valence electrons. The number of fused-ring (bicyclic) bond motifs is 1. The summed E-state index contributed by atoms with van der Waals surface area (Å²) in [4.78, 5) is 10.3. The number of aliphatic carboxylic acids is 1. The van der Waals surface area contributed by atoms with Gasteiger partial charge in [-0.25, -0.2) is 4.79 Å². The number of para-hydroxylation sites is 1. The predicted molar refractivity (Wildman–Crippen MR) is 68.0 cm³/mol. The van der Waals surface area contributed by atoms with Crippen molar-refractivity contribution < 1.29 is 9.90 Å². The van der Waals surface area contributed by atoms with Gasteiger partial charge in [-0.2, -0.15) is 0 Å². The monoisotopic (exact) mass is 229 g/mol. The Kier molecular flexibility index (Phi) is 3.28. The van der Waals surface area contributed by atoms with Crippen LogP contribution in [0.3, 0.4) is 0 Å². The number of benzene rings is 1.